The van der Waals surface area contributed by atoms with Gasteiger partial charge in [-0.05, 0) is 24.3 Å². The van der Waals surface area contributed by atoms with Crippen molar-refractivity contribution in [1.82, 2.24) is 19.2 Å². The average Bonchev–Trinajstić information content (AvgIpc) is 3.12. The number of aryl methyl sites for hydroxylation is 1. The van der Waals surface area contributed by atoms with Gasteiger partial charge in [0.2, 0.25) is 0 Å². The lowest BCUT2D eigenvalue weighted by Crippen LogP contribution is -2.48. The van der Waals surface area contributed by atoms with Crippen LogP contribution in [0.5, 0.6) is 11.5 Å². The van der Waals surface area contributed by atoms with E-state index in [9.17, 15) is 4.79 Å². The number of rotatable bonds is 5. The van der Waals surface area contributed by atoms with Crippen molar-refractivity contribution in [3.8, 4) is 11.5 Å². The van der Waals surface area contributed by atoms with Crippen molar-refractivity contribution in [3.05, 3.63) is 58.0 Å². The van der Waals surface area contributed by atoms with Crippen LogP contribution < -0.4 is 19.9 Å². The van der Waals surface area contributed by atoms with E-state index in [4.69, 9.17) is 21.1 Å². The largest absolute Gasteiger partial charge is 0.493 e. The number of benzene rings is 2. The number of methoxy groups -OCH3 is 2. The molecule has 1 fully saturated rings. The second kappa shape index (κ2) is 8.61. The summed E-state index contributed by atoms with van der Waals surface area (Å²) < 4.78 is 14.3. The maximum atomic E-state index is 13.4. The minimum absolute atomic E-state index is 0.110. The number of anilines is 1. The van der Waals surface area contributed by atoms with Gasteiger partial charge in [-0.1, -0.05) is 17.7 Å². The Morgan fingerprint density at radius 1 is 1.00 bits per heavy atom. The summed E-state index contributed by atoms with van der Waals surface area (Å²) in [6.07, 6.45) is 1.77. The van der Waals surface area contributed by atoms with Crippen molar-refractivity contribution in [3.63, 3.8) is 0 Å². The standard InChI is InChI=1S/C24H26ClN5O3/c1-27-20-13-22(33-3)21(32-2)12-18(20)19-14-26-30(24(31)23(19)27)15-28-7-9-29(10-8-28)17-6-4-5-16(25)11-17/h4-6,11-14H,7-10,15H2,1-3H3. The number of hydrogen-bond acceptors (Lipinski definition) is 6. The lowest BCUT2D eigenvalue weighted by Gasteiger charge is -2.36. The van der Waals surface area contributed by atoms with E-state index in [0.717, 1.165) is 53.2 Å². The molecule has 0 amide bonds. The van der Waals surface area contributed by atoms with Gasteiger partial charge in [-0.15, -0.1) is 0 Å². The van der Waals surface area contributed by atoms with Crippen LogP contribution in [0.25, 0.3) is 21.8 Å². The summed E-state index contributed by atoms with van der Waals surface area (Å²) in [6.45, 7) is 3.85. The molecule has 0 spiro atoms. The molecule has 2 aromatic carbocycles. The third-order valence-corrected chi connectivity index (χ3v) is 6.62. The first-order chi connectivity index (χ1) is 16.0. The van der Waals surface area contributed by atoms with Crippen LogP contribution in [0, 0.1) is 0 Å². The van der Waals surface area contributed by atoms with Gasteiger partial charge in [0.25, 0.3) is 5.56 Å². The Balaban J connectivity index is 1.42. The summed E-state index contributed by atoms with van der Waals surface area (Å²) in [5, 5.41) is 6.96. The van der Waals surface area contributed by atoms with E-state index >= 15 is 0 Å². The van der Waals surface area contributed by atoms with Crippen LogP contribution in [0.3, 0.4) is 0 Å². The predicted molar refractivity (Wildman–Crippen MR) is 131 cm³/mol. The minimum Gasteiger partial charge on any atom is -0.493 e. The van der Waals surface area contributed by atoms with Gasteiger partial charge < -0.3 is 18.9 Å². The first-order valence-electron chi connectivity index (χ1n) is 10.8. The first-order valence-corrected chi connectivity index (χ1v) is 11.2. The molecule has 1 saturated heterocycles. The highest BCUT2D eigenvalue weighted by Crippen LogP contribution is 2.36. The minimum atomic E-state index is -0.110. The van der Waals surface area contributed by atoms with E-state index in [2.05, 4.69) is 21.0 Å². The van der Waals surface area contributed by atoms with E-state index in [1.807, 2.05) is 41.9 Å². The van der Waals surface area contributed by atoms with Crippen LogP contribution in [0.2, 0.25) is 5.02 Å². The van der Waals surface area contributed by atoms with E-state index in [1.165, 1.54) is 0 Å². The quantitative estimate of drug-likeness (QED) is 0.448. The third kappa shape index (κ3) is 3.79. The van der Waals surface area contributed by atoms with Crippen molar-refractivity contribution < 1.29 is 9.47 Å². The number of fused-ring (bicyclic) bond motifs is 3. The van der Waals surface area contributed by atoms with Gasteiger partial charge in [0.05, 0.1) is 32.6 Å². The molecule has 5 rings (SSSR count). The highest BCUT2D eigenvalue weighted by atomic mass is 35.5. The van der Waals surface area contributed by atoms with Crippen molar-refractivity contribution >= 4 is 39.1 Å². The Labute approximate surface area is 196 Å². The molecule has 0 aliphatic carbocycles. The number of piperazine rings is 1. The molecular formula is C24H26ClN5O3. The first kappa shape index (κ1) is 21.6. The molecule has 33 heavy (non-hydrogen) atoms. The molecule has 0 bridgehead atoms. The molecular weight excluding hydrogens is 442 g/mol. The zero-order valence-electron chi connectivity index (χ0n) is 18.9. The van der Waals surface area contributed by atoms with Crippen LogP contribution in [-0.2, 0) is 13.7 Å². The summed E-state index contributed by atoms with van der Waals surface area (Å²) in [4.78, 5) is 17.9. The highest BCUT2D eigenvalue weighted by molar-refractivity contribution is 6.30. The summed E-state index contributed by atoms with van der Waals surface area (Å²) in [6, 6.07) is 11.7. The number of nitrogens with zero attached hydrogens (tertiary/aromatic N) is 5. The van der Waals surface area contributed by atoms with Gasteiger partial charge in [-0.2, -0.15) is 5.10 Å². The molecule has 0 N–H and O–H groups in total. The second-order valence-corrected chi connectivity index (χ2v) is 8.66. The number of hydrogen-bond donors (Lipinski definition) is 0. The SMILES string of the molecule is COc1cc2c3cnn(CN4CCN(c5cccc(Cl)c5)CC4)c(=O)c3n(C)c2cc1OC. The van der Waals surface area contributed by atoms with E-state index in [1.54, 1.807) is 25.1 Å². The Kier molecular flexibility index (Phi) is 5.64. The van der Waals surface area contributed by atoms with Crippen molar-refractivity contribution in [1.29, 1.82) is 0 Å². The molecule has 0 radical (unpaired) electrons. The Hall–Kier alpha value is -3.23. The van der Waals surface area contributed by atoms with E-state index in [0.29, 0.717) is 23.7 Å². The monoisotopic (exact) mass is 467 g/mol. The second-order valence-electron chi connectivity index (χ2n) is 8.22. The van der Waals surface area contributed by atoms with Gasteiger partial charge in [-0.3, -0.25) is 9.69 Å². The summed E-state index contributed by atoms with van der Waals surface area (Å²) >= 11 is 6.14. The van der Waals surface area contributed by atoms with Crippen LogP contribution >= 0.6 is 11.6 Å². The molecule has 4 aromatic rings. The highest BCUT2D eigenvalue weighted by Gasteiger charge is 2.21. The molecule has 1 aliphatic heterocycles. The van der Waals surface area contributed by atoms with Gasteiger partial charge in [0.15, 0.2) is 11.5 Å². The fourth-order valence-corrected chi connectivity index (χ4v) is 4.78. The van der Waals surface area contributed by atoms with Crippen molar-refractivity contribution in [2.24, 2.45) is 7.05 Å². The maximum absolute atomic E-state index is 13.4. The molecule has 1 aliphatic rings. The topological polar surface area (TPSA) is 64.8 Å². The summed E-state index contributed by atoms with van der Waals surface area (Å²) in [5.74, 6) is 1.25. The van der Waals surface area contributed by atoms with Crippen LogP contribution in [0.1, 0.15) is 0 Å². The van der Waals surface area contributed by atoms with Crippen molar-refractivity contribution in [2.75, 3.05) is 45.3 Å². The molecule has 2 aromatic heterocycles. The predicted octanol–water partition coefficient (Wildman–Crippen LogP) is 3.34. The Morgan fingerprint density at radius 3 is 2.42 bits per heavy atom. The van der Waals surface area contributed by atoms with E-state index < -0.39 is 0 Å². The molecule has 8 nitrogen and oxygen atoms in total. The lowest BCUT2D eigenvalue weighted by atomic mass is 10.2. The fraction of sp³-hybridized carbons (Fsp3) is 0.333. The van der Waals surface area contributed by atoms with Crippen LogP contribution in [0.4, 0.5) is 5.69 Å². The lowest BCUT2D eigenvalue weighted by molar-refractivity contribution is 0.192. The molecule has 0 saturated carbocycles. The van der Waals surface area contributed by atoms with Crippen molar-refractivity contribution in [2.45, 2.75) is 6.67 Å². The van der Waals surface area contributed by atoms with E-state index in [-0.39, 0.29) is 5.56 Å². The molecule has 9 heteroatoms. The number of aromatic nitrogens is 3. The van der Waals surface area contributed by atoms with Crippen LogP contribution in [0.15, 0.2) is 47.4 Å². The van der Waals surface area contributed by atoms with Gasteiger partial charge >= 0.3 is 0 Å². The zero-order valence-corrected chi connectivity index (χ0v) is 19.7. The molecule has 3 heterocycles. The third-order valence-electron chi connectivity index (χ3n) is 6.39. The Bertz CT molecular complexity index is 1390. The molecule has 172 valence electrons. The smallest absolute Gasteiger partial charge is 0.292 e. The summed E-state index contributed by atoms with van der Waals surface area (Å²) in [5.41, 5.74) is 2.53. The Morgan fingerprint density at radius 2 is 1.73 bits per heavy atom. The van der Waals surface area contributed by atoms with Crippen LogP contribution in [-0.4, -0.2) is 59.6 Å². The van der Waals surface area contributed by atoms with Gasteiger partial charge in [0.1, 0.15) is 5.52 Å². The number of halogens is 1. The maximum Gasteiger partial charge on any atom is 0.292 e. The normalized spacial score (nSPS) is 14.8. The van der Waals surface area contributed by atoms with Gasteiger partial charge in [0, 0.05) is 60.8 Å². The molecule has 0 atom stereocenters. The average molecular weight is 468 g/mol. The zero-order chi connectivity index (χ0) is 23.1. The van der Waals surface area contributed by atoms with Gasteiger partial charge in [-0.25, -0.2) is 4.68 Å². The number of ether oxygens (including phenoxy) is 2. The fourth-order valence-electron chi connectivity index (χ4n) is 4.59. The summed E-state index contributed by atoms with van der Waals surface area (Å²) in [7, 11) is 5.10. The molecule has 0 unspecified atom stereocenters.